The molecule has 2 aromatic rings. The zero-order valence-corrected chi connectivity index (χ0v) is 12.3. The SMILES string of the molecule is CC(C)n1c(SCc2c(N)cccc2Cl)n[nH]c1=O. The molecule has 0 aliphatic rings. The molecule has 2 rings (SSSR count). The highest BCUT2D eigenvalue weighted by molar-refractivity contribution is 7.98. The summed E-state index contributed by atoms with van der Waals surface area (Å²) < 4.78 is 1.61. The van der Waals surface area contributed by atoms with Gasteiger partial charge in [-0.15, -0.1) is 5.10 Å². The Morgan fingerprint density at radius 2 is 2.26 bits per heavy atom. The highest BCUT2D eigenvalue weighted by Crippen LogP contribution is 2.29. The number of nitrogen functional groups attached to an aromatic ring is 1. The second kappa shape index (κ2) is 5.71. The Morgan fingerprint density at radius 3 is 2.89 bits per heavy atom. The topological polar surface area (TPSA) is 76.7 Å². The van der Waals surface area contributed by atoms with Crippen LogP contribution >= 0.6 is 23.4 Å². The van der Waals surface area contributed by atoms with Gasteiger partial charge in [-0.05, 0) is 26.0 Å². The molecule has 7 heteroatoms. The van der Waals surface area contributed by atoms with Gasteiger partial charge in [-0.1, -0.05) is 29.4 Å². The van der Waals surface area contributed by atoms with Gasteiger partial charge in [0.05, 0.1) is 0 Å². The Labute approximate surface area is 120 Å². The summed E-state index contributed by atoms with van der Waals surface area (Å²) in [5, 5.41) is 7.74. The summed E-state index contributed by atoms with van der Waals surface area (Å²) in [6.07, 6.45) is 0. The normalized spacial score (nSPS) is 11.2. The number of rotatable bonds is 4. The number of nitrogens with zero attached hydrogens (tertiary/aromatic N) is 2. The second-order valence-electron chi connectivity index (χ2n) is 4.37. The molecule has 0 saturated carbocycles. The molecule has 0 unspecified atom stereocenters. The third kappa shape index (κ3) is 2.96. The summed E-state index contributed by atoms with van der Waals surface area (Å²) in [5.41, 5.74) is 7.20. The van der Waals surface area contributed by atoms with Crippen LogP contribution < -0.4 is 11.4 Å². The molecule has 0 bridgehead atoms. The third-order valence-electron chi connectivity index (χ3n) is 2.69. The van der Waals surface area contributed by atoms with Crippen LogP contribution in [0.1, 0.15) is 25.5 Å². The second-order valence-corrected chi connectivity index (χ2v) is 5.72. The van der Waals surface area contributed by atoms with Gasteiger partial charge in [0.2, 0.25) is 0 Å². The van der Waals surface area contributed by atoms with Crippen LogP contribution in [0.25, 0.3) is 0 Å². The molecule has 1 aromatic heterocycles. The summed E-state index contributed by atoms with van der Waals surface area (Å²) in [5.74, 6) is 0.572. The molecular formula is C12H15ClN4OS. The van der Waals surface area contributed by atoms with E-state index in [1.54, 1.807) is 10.6 Å². The molecule has 19 heavy (non-hydrogen) atoms. The summed E-state index contributed by atoms with van der Waals surface area (Å²) >= 11 is 7.55. The molecule has 1 aromatic carbocycles. The van der Waals surface area contributed by atoms with Crippen LogP contribution in [-0.4, -0.2) is 14.8 Å². The summed E-state index contributed by atoms with van der Waals surface area (Å²) in [6.45, 7) is 3.87. The average molecular weight is 299 g/mol. The monoisotopic (exact) mass is 298 g/mol. The lowest BCUT2D eigenvalue weighted by Crippen LogP contribution is -2.19. The van der Waals surface area contributed by atoms with Gasteiger partial charge in [0.1, 0.15) is 0 Å². The third-order valence-corrected chi connectivity index (χ3v) is 4.02. The minimum absolute atomic E-state index is 0.0531. The standard InChI is InChI=1S/C12H15ClN4OS/c1-7(2)17-11(18)15-16-12(17)19-6-8-9(13)4-3-5-10(8)14/h3-5,7H,6,14H2,1-2H3,(H,15,18). The van der Waals surface area contributed by atoms with Crippen molar-refractivity contribution in [2.75, 3.05) is 5.73 Å². The number of aromatic amines is 1. The maximum Gasteiger partial charge on any atom is 0.344 e. The van der Waals surface area contributed by atoms with Gasteiger partial charge in [-0.3, -0.25) is 4.57 Å². The van der Waals surface area contributed by atoms with Gasteiger partial charge < -0.3 is 5.73 Å². The lowest BCUT2D eigenvalue weighted by atomic mass is 10.2. The number of hydrogen-bond donors (Lipinski definition) is 2. The van der Waals surface area contributed by atoms with Gasteiger partial charge in [0.15, 0.2) is 5.16 Å². The molecule has 0 aliphatic carbocycles. The van der Waals surface area contributed by atoms with Gasteiger partial charge >= 0.3 is 5.69 Å². The van der Waals surface area contributed by atoms with E-state index in [4.69, 9.17) is 17.3 Å². The minimum atomic E-state index is -0.204. The largest absolute Gasteiger partial charge is 0.398 e. The lowest BCUT2D eigenvalue weighted by Gasteiger charge is -2.10. The zero-order chi connectivity index (χ0) is 14.0. The van der Waals surface area contributed by atoms with E-state index >= 15 is 0 Å². The van der Waals surface area contributed by atoms with Crippen LogP contribution in [-0.2, 0) is 5.75 Å². The van der Waals surface area contributed by atoms with Gasteiger partial charge in [-0.2, -0.15) is 0 Å². The minimum Gasteiger partial charge on any atom is -0.398 e. The molecule has 1 heterocycles. The smallest absolute Gasteiger partial charge is 0.344 e. The van der Waals surface area contributed by atoms with Crippen LogP contribution in [0, 0.1) is 0 Å². The van der Waals surface area contributed by atoms with E-state index in [-0.39, 0.29) is 11.7 Å². The van der Waals surface area contributed by atoms with Gasteiger partial charge in [0.25, 0.3) is 0 Å². The van der Waals surface area contributed by atoms with Crippen LogP contribution in [0.3, 0.4) is 0 Å². The molecule has 0 radical (unpaired) electrons. The molecule has 0 atom stereocenters. The van der Waals surface area contributed by atoms with Crippen molar-refractivity contribution in [3.8, 4) is 0 Å². The van der Waals surface area contributed by atoms with Crippen molar-refractivity contribution in [2.45, 2.75) is 30.8 Å². The molecule has 5 nitrogen and oxygen atoms in total. The molecule has 0 fully saturated rings. The predicted octanol–water partition coefficient (Wildman–Crippen LogP) is 2.68. The molecular weight excluding hydrogens is 284 g/mol. The van der Waals surface area contributed by atoms with Crippen molar-refractivity contribution in [1.82, 2.24) is 14.8 Å². The van der Waals surface area contributed by atoms with E-state index in [1.807, 2.05) is 26.0 Å². The van der Waals surface area contributed by atoms with Crippen molar-refractivity contribution in [3.05, 3.63) is 39.3 Å². The molecule has 0 saturated heterocycles. The van der Waals surface area contributed by atoms with Crippen LogP contribution in [0.5, 0.6) is 0 Å². The fourth-order valence-corrected chi connectivity index (χ4v) is 3.18. The summed E-state index contributed by atoms with van der Waals surface area (Å²) in [7, 11) is 0. The number of anilines is 1. The predicted molar refractivity (Wildman–Crippen MR) is 78.7 cm³/mol. The maximum absolute atomic E-state index is 11.6. The van der Waals surface area contributed by atoms with Gasteiger partial charge in [-0.25, -0.2) is 9.89 Å². The first-order valence-corrected chi connectivity index (χ1v) is 7.19. The number of H-pyrrole nitrogens is 1. The van der Waals surface area contributed by atoms with E-state index in [1.165, 1.54) is 11.8 Å². The molecule has 102 valence electrons. The Kier molecular flexibility index (Phi) is 4.21. The number of nitrogens with one attached hydrogen (secondary N) is 1. The highest BCUT2D eigenvalue weighted by atomic mass is 35.5. The fraction of sp³-hybridized carbons (Fsp3) is 0.333. The number of benzene rings is 1. The molecule has 3 N–H and O–H groups in total. The van der Waals surface area contributed by atoms with E-state index < -0.39 is 0 Å². The van der Waals surface area contributed by atoms with Crippen molar-refractivity contribution in [1.29, 1.82) is 0 Å². The van der Waals surface area contributed by atoms with Crippen LogP contribution in [0.15, 0.2) is 28.2 Å². The van der Waals surface area contributed by atoms with Gasteiger partial charge in [0, 0.05) is 28.1 Å². The fourth-order valence-electron chi connectivity index (χ4n) is 1.71. The number of hydrogen-bond acceptors (Lipinski definition) is 4. The summed E-state index contributed by atoms with van der Waals surface area (Å²) in [4.78, 5) is 11.6. The average Bonchev–Trinajstić information content (AvgIpc) is 2.70. The Morgan fingerprint density at radius 1 is 1.53 bits per heavy atom. The molecule has 0 spiro atoms. The van der Waals surface area contributed by atoms with Crippen molar-refractivity contribution >= 4 is 29.1 Å². The van der Waals surface area contributed by atoms with E-state index in [0.29, 0.717) is 21.6 Å². The van der Waals surface area contributed by atoms with E-state index in [9.17, 15) is 4.79 Å². The van der Waals surface area contributed by atoms with Crippen molar-refractivity contribution in [2.24, 2.45) is 0 Å². The van der Waals surface area contributed by atoms with Crippen LogP contribution in [0.4, 0.5) is 5.69 Å². The Balaban J connectivity index is 2.22. The zero-order valence-electron chi connectivity index (χ0n) is 10.7. The van der Waals surface area contributed by atoms with Crippen molar-refractivity contribution in [3.63, 3.8) is 0 Å². The lowest BCUT2D eigenvalue weighted by molar-refractivity contribution is 0.534. The number of aromatic nitrogens is 3. The van der Waals surface area contributed by atoms with Crippen molar-refractivity contribution < 1.29 is 0 Å². The number of nitrogens with two attached hydrogens (primary N) is 1. The van der Waals surface area contributed by atoms with E-state index in [2.05, 4.69) is 10.2 Å². The molecule has 0 amide bonds. The first-order chi connectivity index (χ1) is 9.00. The Bertz CT molecular complexity index is 615. The quantitative estimate of drug-likeness (QED) is 0.672. The van der Waals surface area contributed by atoms with Crippen LogP contribution in [0.2, 0.25) is 5.02 Å². The number of halogens is 1. The molecule has 0 aliphatic heterocycles. The first kappa shape index (κ1) is 14.0. The first-order valence-electron chi connectivity index (χ1n) is 5.83. The number of thioether (sulfide) groups is 1. The summed E-state index contributed by atoms with van der Waals surface area (Å²) in [6, 6.07) is 5.47. The Hall–Kier alpha value is -1.40. The highest BCUT2D eigenvalue weighted by Gasteiger charge is 2.13. The maximum atomic E-state index is 11.6. The van der Waals surface area contributed by atoms with E-state index in [0.717, 1.165) is 5.56 Å².